The average molecular weight is 616 g/mol. The number of rotatable bonds is 3. The Labute approximate surface area is 281 Å². The van der Waals surface area contributed by atoms with Crippen LogP contribution in [0.25, 0.3) is 82.1 Å². The minimum atomic E-state index is 0.0220. The Hall–Kier alpha value is -5.66. The number of fused-ring (bicyclic) bond motifs is 6. The third-order valence-corrected chi connectivity index (χ3v) is 10.3. The maximum absolute atomic E-state index is 2.46. The van der Waals surface area contributed by atoms with Gasteiger partial charge in [0.05, 0.1) is 11.0 Å². The van der Waals surface area contributed by atoms with Gasteiger partial charge in [-0.3, -0.25) is 0 Å². The lowest BCUT2D eigenvalue weighted by atomic mass is 9.80. The number of aromatic nitrogens is 1. The van der Waals surface area contributed by atoms with Crippen LogP contribution in [0.4, 0.5) is 0 Å². The molecular formula is C47H37N. The van der Waals surface area contributed by atoms with E-state index in [0.29, 0.717) is 0 Å². The lowest BCUT2D eigenvalue weighted by Crippen LogP contribution is -2.10. The Bertz CT molecular complexity index is 2640. The normalized spacial score (nSPS) is 12.2. The molecule has 1 heterocycles. The number of nitrogens with zero attached hydrogens (tertiary/aromatic N) is 1. The Morgan fingerprint density at radius 3 is 1.56 bits per heavy atom. The summed E-state index contributed by atoms with van der Waals surface area (Å²) in [4.78, 5) is 0. The molecule has 0 N–H and O–H groups in total. The molecule has 0 bridgehead atoms. The lowest BCUT2D eigenvalue weighted by molar-refractivity contribution is 0.591. The zero-order valence-electron chi connectivity index (χ0n) is 27.9. The van der Waals surface area contributed by atoms with Crippen molar-refractivity contribution in [2.24, 2.45) is 0 Å². The van der Waals surface area contributed by atoms with Crippen LogP contribution in [0.5, 0.6) is 0 Å². The van der Waals surface area contributed by atoms with E-state index >= 15 is 0 Å². The van der Waals surface area contributed by atoms with Crippen molar-refractivity contribution in [2.75, 3.05) is 0 Å². The molecule has 9 rings (SSSR count). The molecule has 0 atom stereocenters. The summed E-state index contributed by atoms with van der Waals surface area (Å²) in [6, 6.07) is 56.3. The summed E-state index contributed by atoms with van der Waals surface area (Å²) in [6.07, 6.45) is 0. The van der Waals surface area contributed by atoms with Gasteiger partial charge in [-0.15, -0.1) is 0 Å². The van der Waals surface area contributed by atoms with Crippen LogP contribution in [0, 0.1) is 6.92 Å². The molecule has 230 valence electrons. The van der Waals surface area contributed by atoms with Gasteiger partial charge in [-0.25, -0.2) is 0 Å². The van der Waals surface area contributed by atoms with Gasteiger partial charge in [0.1, 0.15) is 0 Å². The van der Waals surface area contributed by atoms with Gasteiger partial charge in [-0.2, -0.15) is 0 Å². The van der Waals surface area contributed by atoms with Crippen molar-refractivity contribution in [1.29, 1.82) is 0 Å². The molecular weight excluding hydrogens is 579 g/mol. The van der Waals surface area contributed by atoms with Crippen molar-refractivity contribution in [3.05, 3.63) is 163 Å². The fourth-order valence-electron chi connectivity index (χ4n) is 7.89. The first kappa shape index (κ1) is 28.6. The molecule has 0 unspecified atom stereocenters. The molecule has 0 saturated carbocycles. The number of benzene rings is 8. The molecule has 0 spiro atoms. The number of hydrogen-bond donors (Lipinski definition) is 0. The molecule has 48 heavy (non-hydrogen) atoms. The third-order valence-electron chi connectivity index (χ3n) is 10.3. The zero-order chi connectivity index (χ0) is 32.6. The molecule has 9 aromatic rings. The van der Waals surface area contributed by atoms with E-state index in [1.165, 1.54) is 93.2 Å². The maximum atomic E-state index is 2.46. The highest BCUT2D eigenvalue weighted by Crippen LogP contribution is 2.47. The van der Waals surface area contributed by atoms with E-state index in [9.17, 15) is 0 Å². The third kappa shape index (κ3) is 4.31. The van der Waals surface area contributed by atoms with Gasteiger partial charge < -0.3 is 4.57 Å². The number of aryl methyl sites for hydroxylation is 1. The van der Waals surface area contributed by atoms with Crippen LogP contribution in [0.15, 0.2) is 152 Å². The van der Waals surface area contributed by atoms with E-state index in [0.717, 1.165) is 0 Å². The van der Waals surface area contributed by atoms with Crippen LogP contribution in [0.3, 0.4) is 0 Å². The fraction of sp³-hybridized carbons (Fsp3) is 0.106. The molecule has 8 aromatic carbocycles. The molecule has 0 radical (unpaired) electrons. The van der Waals surface area contributed by atoms with E-state index in [1.54, 1.807) is 0 Å². The number of hydrogen-bond acceptors (Lipinski definition) is 0. The van der Waals surface area contributed by atoms with Crippen LogP contribution >= 0.6 is 0 Å². The summed E-state index contributed by atoms with van der Waals surface area (Å²) in [6.45, 7) is 9.14. The van der Waals surface area contributed by atoms with Crippen molar-refractivity contribution >= 4 is 54.1 Å². The summed E-state index contributed by atoms with van der Waals surface area (Å²) in [5.41, 5.74) is 11.4. The molecule has 1 aromatic heterocycles. The van der Waals surface area contributed by atoms with Crippen LogP contribution in [0.2, 0.25) is 0 Å². The van der Waals surface area contributed by atoms with Crippen LogP contribution in [0.1, 0.15) is 31.9 Å². The van der Waals surface area contributed by atoms with Crippen molar-refractivity contribution in [1.82, 2.24) is 4.57 Å². The minimum absolute atomic E-state index is 0.0220. The highest BCUT2D eigenvalue weighted by atomic mass is 15.0. The highest BCUT2D eigenvalue weighted by Gasteiger charge is 2.22. The van der Waals surface area contributed by atoms with Crippen molar-refractivity contribution in [3.63, 3.8) is 0 Å². The SMILES string of the molecule is Cc1ccc(-c2c3ccccc3c(-c3ccc(-n4c5ccccc5c5ccccc54)cc3)c3cc(C(C)(C)C)ccc23)c2ccccc12. The van der Waals surface area contributed by atoms with Gasteiger partial charge in [0.15, 0.2) is 0 Å². The van der Waals surface area contributed by atoms with Crippen LogP contribution < -0.4 is 0 Å². The molecule has 0 saturated heterocycles. The molecule has 1 nitrogen and oxygen atoms in total. The van der Waals surface area contributed by atoms with Gasteiger partial charge in [-0.1, -0.05) is 142 Å². The van der Waals surface area contributed by atoms with Crippen LogP contribution in [-0.4, -0.2) is 4.57 Å². The predicted molar refractivity (Wildman–Crippen MR) is 208 cm³/mol. The lowest BCUT2D eigenvalue weighted by Gasteiger charge is -2.23. The molecule has 0 fully saturated rings. The summed E-state index contributed by atoms with van der Waals surface area (Å²) in [5.74, 6) is 0. The van der Waals surface area contributed by atoms with Crippen molar-refractivity contribution < 1.29 is 0 Å². The van der Waals surface area contributed by atoms with E-state index in [2.05, 4.69) is 184 Å². The van der Waals surface area contributed by atoms with E-state index in [4.69, 9.17) is 0 Å². The second kappa shape index (κ2) is 10.7. The monoisotopic (exact) mass is 615 g/mol. The molecule has 0 aliphatic carbocycles. The van der Waals surface area contributed by atoms with Crippen LogP contribution in [-0.2, 0) is 5.41 Å². The maximum Gasteiger partial charge on any atom is 0.0541 e. The predicted octanol–water partition coefficient (Wildman–Crippen LogP) is 13.2. The minimum Gasteiger partial charge on any atom is -0.309 e. The summed E-state index contributed by atoms with van der Waals surface area (Å²) >= 11 is 0. The Balaban J connectivity index is 1.34. The quantitative estimate of drug-likeness (QED) is 0.174. The van der Waals surface area contributed by atoms with Gasteiger partial charge in [0, 0.05) is 16.5 Å². The number of para-hydroxylation sites is 2. The highest BCUT2D eigenvalue weighted by molar-refractivity contribution is 6.23. The second-order valence-corrected chi connectivity index (χ2v) is 14.2. The smallest absolute Gasteiger partial charge is 0.0541 e. The first-order valence-electron chi connectivity index (χ1n) is 17.0. The van der Waals surface area contributed by atoms with Gasteiger partial charge >= 0.3 is 0 Å². The Kier molecular flexibility index (Phi) is 6.36. The molecule has 0 aliphatic heterocycles. The molecule has 0 aliphatic rings. The summed E-state index contributed by atoms with van der Waals surface area (Å²) in [7, 11) is 0. The second-order valence-electron chi connectivity index (χ2n) is 14.2. The van der Waals surface area contributed by atoms with E-state index < -0.39 is 0 Å². The summed E-state index contributed by atoms with van der Waals surface area (Å²) in [5, 5.41) is 10.3. The van der Waals surface area contributed by atoms with E-state index in [-0.39, 0.29) is 5.41 Å². The average Bonchev–Trinajstić information content (AvgIpc) is 3.45. The summed E-state index contributed by atoms with van der Waals surface area (Å²) < 4.78 is 2.40. The topological polar surface area (TPSA) is 4.93 Å². The largest absolute Gasteiger partial charge is 0.309 e. The van der Waals surface area contributed by atoms with Gasteiger partial charge in [0.2, 0.25) is 0 Å². The van der Waals surface area contributed by atoms with Gasteiger partial charge in [-0.05, 0) is 108 Å². The molecule has 1 heteroatoms. The molecule has 0 amide bonds. The van der Waals surface area contributed by atoms with E-state index in [1.807, 2.05) is 0 Å². The first-order valence-corrected chi connectivity index (χ1v) is 17.0. The first-order chi connectivity index (χ1) is 23.4. The zero-order valence-corrected chi connectivity index (χ0v) is 27.9. The fourth-order valence-corrected chi connectivity index (χ4v) is 7.89. The van der Waals surface area contributed by atoms with Gasteiger partial charge in [0.25, 0.3) is 0 Å². The standard InChI is InChI=1S/C47H37N/c1-30-21-27-40(35-14-6-5-13-34(30)35)46-39-18-8-7-17-38(39)45(42-29-32(47(2,3)4)24-28-41(42)46)31-22-25-33(26-23-31)48-43-19-11-9-15-36(43)37-16-10-12-20-44(37)48/h5-29H,1-4H3. The Morgan fingerprint density at radius 1 is 0.417 bits per heavy atom. The Morgan fingerprint density at radius 2 is 0.938 bits per heavy atom. The van der Waals surface area contributed by atoms with Crippen molar-refractivity contribution in [3.8, 4) is 27.9 Å². The van der Waals surface area contributed by atoms with Crippen molar-refractivity contribution in [2.45, 2.75) is 33.1 Å².